The average molecular weight is 406 g/mol. The second kappa shape index (κ2) is 7.90. The first-order chi connectivity index (χ1) is 13.7. The van der Waals surface area contributed by atoms with E-state index in [0.717, 1.165) is 4.57 Å². The Kier molecular flexibility index (Phi) is 5.53. The van der Waals surface area contributed by atoms with Crippen molar-refractivity contribution in [2.45, 2.75) is 26.6 Å². The van der Waals surface area contributed by atoms with Gasteiger partial charge in [0.1, 0.15) is 6.54 Å². The van der Waals surface area contributed by atoms with E-state index in [-0.39, 0.29) is 16.8 Å². The smallest absolute Gasteiger partial charge is 0.406 e. The van der Waals surface area contributed by atoms with E-state index in [1.807, 2.05) is 0 Å². The lowest BCUT2D eigenvalue weighted by molar-refractivity contribution is -0.141. The number of nitrogens with zero attached hydrogens (tertiary/aromatic N) is 4. The van der Waals surface area contributed by atoms with E-state index >= 15 is 0 Å². The minimum Gasteiger partial charge on any atom is -0.454 e. The highest BCUT2D eigenvalue weighted by Crippen LogP contribution is 2.23. The molecule has 0 bridgehead atoms. The molecule has 0 unspecified atom stereocenters. The molecule has 3 rings (SSSR count). The molecule has 0 radical (unpaired) electrons. The average Bonchev–Trinajstić information content (AvgIpc) is 3.29. The number of Topliss-reactive ketones (excluding diaryl/α,β-unsaturated/α-hetero) is 1. The number of carbonyl (C=O) groups excluding carboxylic acids is 2. The summed E-state index contributed by atoms with van der Waals surface area (Å²) in [5.74, 6) is -0.845. The number of pyridine rings is 1. The van der Waals surface area contributed by atoms with Crippen LogP contribution in [0.2, 0.25) is 0 Å². The van der Waals surface area contributed by atoms with Crippen molar-refractivity contribution in [1.29, 1.82) is 0 Å². The van der Waals surface area contributed by atoms with Gasteiger partial charge in [-0.25, -0.2) is 14.5 Å². The molecule has 0 aromatic carbocycles. The van der Waals surface area contributed by atoms with Gasteiger partial charge in [0.15, 0.2) is 12.4 Å². The van der Waals surface area contributed by atoms with Gasteiger partial charge in [0, 0.05) is 35.5 Å². The monoisotopic (exact) mass is 406 g/mol. The van der Waals surface area contributed by atoms with Crippen LogP contribution in [0.3, 0.4) is 0 Å². The van der Waals surface area contributed by atoms with E-state index in [1.165, 1.54) is 36.9 Å². The SMILES string of the molecule is Cc1cc(C(=O)COC(=O)c2ccc(-n3cccn3)nc2)c(C)n1CC(F)(F)F. The lowest BCUT2D eigenvalue weighted by atomic mass is 10.1. The molecule has 29 heavy (non-hydrogen) atoms. The van der Waals surface area contributed by atoms with Crippen LogP contribution in [-0.4, -0.2) is 43.9 Å². The van der Waals surface area contributed by atoms with Crippen LogP contribution in [0.15, 0.2) is 42.9 Å². The summed E-state index contributed by atoms with van der Waals surface area (Å²) >= 11 is 0. The Morgan fingerprint density at radius 3 is 2.55 bits per heavy atom. The van der Waals surface area contributed by atoms with E-state index in [9.17, 15) is 22.8 Å². The van der Waals surface area contributed by atoms with Crippen LogP contribution in [0.1, 0.15) is 32.1 Å². The molecular weight excluding hydrogens is 389 g/mol. The summed E-state index contributed by atoms with van der Waals surface area (Å²) in [6.07, 6.45) is 0.158. The van der Waals surface area contributed by atoms with Crippen LogP contribution in [0.25, 0.3) is 5.82 Å². The standard InChI is InChI=1S/C19H17F3N4O3/c1-12-8-15(13(2)25(12)11-19(20,21)22)16(27)10-29-18(28)14-4-5-17(23-9-14)26-7-3-6-24-26/h3-9H,10-11H2,1-2H3. The summed E-state index contributed by atoms with van der Waals surface area (Å²) in [7, 11) is 0. The minimum atomic E-state index is -4.41. The number of hydrogen-bond donors (Lipinski definition) is 0. The zero-order valence-corrected chi connectivity index (χ0v) is 15.6. The molecule has 7 nitrogen and oxygen atoms in total. The number of aromatic nitrogens is 4. The molecular formula is C19H17F3N4O3. The number of hydrogen-bond acceptors (Lipinski definition) is 5. The van der Waals surface area contributed by atoms with Crippen LogP contribution in [0.5, 0.6) is 0 Å². The largest absolute Gasteiger partial charge is 0.454 e. The zero-order valence-electron chi connectivity index (χ0n) is 15.6. The Balaban J connectivity index is 1.65. The molecule has 0 spiro atoms. The molecule has 3 aromatic rings. The van der Waals surface area contributed by atoms with Gasteiger partial charge < -0.3 is 9.30 Å². The molecule has 0 aliphatic rings. The molecule has 0 saturated heterocycles. The fourth-order valence-corrected chi connectivity index (χ4v) is 2.84. The molecule has 0 fully saturated rings. The maximum atomic E-state index is 12.7. The quantitative estimate of drug-likeness (QED) is 0.464. The molecule has 3 heterocycles. The van der Waals surface area contributed by atoms with Gasteiger partial charge in [-0.15, -0.1) is 0 Å². The Hall–Kier alpha value is -3.43. The lowest BCUT2D eigenvalue weighted by Crippen LogP contribution is -2.20. The van der Waals surface area contributed by atoms with Crippen LogP contribution in [-0.2, 0) is 11.3 Å². The first-order valence-corrected chi connectivity index (χ1v) is 8.55. The van der Waals surface area contributed by atoms with Gasteiger partial charge in [-0.2, -0.15) is 18.3 Å². The van der Waals surface area contributed by atoms with Crippen molar-refractivity contribution in [1.82, 2.24) is 19.3 Å². The molecule has 0 N–H and O–H groups in total. The van der Waals surface area contributed by atoms with Crippen LogP contribution >= 0.6 is 0 Å². The Morgan fingerprint density at radius 2 is 1.97 bits per heavy atom. The molecule has 0 amide bonds. The van der Waals surface area contributed by atoms with Gasteiger partial charge >= 0.3 is 12.1 Å². The van der Waals surface area contributed by atoms with E-state index < -0.39 is 31.1 Å². The molecule has 0 aliphatic heterocycles. The second-order valence-corrected chi connectivity index (χ2v) is 6.34. The Labute approximate surface area is 163 Å². The number of ether oxygens (including phenoxy) is 1. The summed E-state index contributed by atoms with van der Waals surface area (Å²) in [5, 5.41) is 4.01. The van der Waals surface area contributed by atoms with Gasteiger partial charge in [0.05, 0.1) is 5.56 Å². The number of carbonyl (C=O) groups is 2. The molecule has 10 heteroatoms. The lowest BCUT2D eigenvalue weighted by Gasteiger charge is -2.12. The fourth-order valence-electron chi connectivity index (χ4n) is 2.84. The summed E-state index contributed by atoms with van der Waals surface area (Å²) in [4.78, 5) is 28.6. The van der Waals surface area contributed by atoms with Crippen molar-refractivity contribution in [3.8, 4) is 5.82 Å². The number of halogens is 3. The number of alkyl halides is 3. The maximum absolute atomic E-state index is 12.7. The third-order valence-electron chi connectivity index (χ3n) is 4.27. The zero-order chi connectivity index (χ0) is 21.2. The third-order valence-corrected chi connectivity index (χ3v) is 4.27. The highest BCUT2D eigenvalue weighted by Gasteiger charge is 2.30. The third kappa shape index (κ3) is 4.71. The molecule has 0 atom stereocenters. The van der Waals surface area contributed by atoms with Crippen LogP contribution in [0.4, 0.5) is 13.2 Å². The van der Waals surface area contributed by atoms with Gasteiger partial charge in [-0.3, -0.25) is 4.79 Å². The van der Waals surface area contributed by atoms with E-state index in [4.69, 9.17) is 4.74 Å². The summed E-state index contributed by atoms with van der Waals surface area (Å²) < 4.78 is 45.6. The normalized spacial score (nSPS) is 11.5. The second-order valence-electron chi connectivity index (χ2n) is 6.34. The van der Waals surface area contributed by atoms with Crippen molar-refractivity contribution in [2.24, 2.45) is 0 Å². The van der Waals surface area contributed by atoms with Gasteiger partial charge in [0.25, 0.3) is 0 Å². The van der Waals surface area contributed by atoms with Gasteiger partial charge in [-0.1, -0.05) is 0 Å². The van der Waals surface area contributed by atoms with Crippen molar-refractivity contribution < 1.29 is 27.5 Å². The summed E-state index contributed by atoms with van der Waals surface area (Å²) in [6.45, 7) is 1.13. The van der Waals surface area contributed by atoms with Crippen molar-refractivity contribution in [3.63, 3.8) is 0 Å². The fraction of sp³-hybridized carbons (Fsp3) is 0.263. The highest BCUT2D eigenvalue weighted by molar-refractivity contribution is 6.00. The van der Waals surface area contributed by atoms with E-state index in [0.29, 0.717) is 11.5 Å². The van der Waals surface area contributed by atoms with Gasteiger partial charge in [0.2, 0.25) is 5.78 Å². The highest BCUT2D eigenvalue weighted by atomic mass is 19.4. The Morgan fingerprint density at radius 1 is 1.21 bits per heavy atom. The van der Waals surface area contributed by atoms with Crippen LogP contribution in [0, 0.1) is 13.8 Å². The van der Waals surface area contributed by atoms with Crippen molar-refractivity contribution in [2.75, 3.05) is 6.61 Å². The van der Waals surface area contributed by atoms with Crippen LogP contribution < -0.4 is 0 Å². The van der Waals surface area contributed by atoms with Gasteiger partial charge in [-0.05, 0) is 38.1 Å². The minimum absolute atomic E-state index is 0.0895. The molecule has 3 aromatic heterocycles. The maximum Gasteiger partial charge on any atom is 0.406 e. The first kappa shape index (κ1) is 20.3. The number of ketones is 1. The predicted octanol–water partition coefficient (Wildman–Crippen LogP) is 3.29. The number of esters is 1. The van der Waals surface area contributed by atoms with Crippen molar-refractivity contribution >= 4 is 11.8 Å². The first-order valence-electron chi connectivity index (χ1n) is 8.55. The summed E-state index contributed by atoms with van der Waals surface area (Å²) in [5.41, 5.74) is 0.696. The topological polar surface area (TPSA) is 79.0 Å². The van der Waals surface area contributed by atoms with Crippen molar-refractivity contribution in [3.05, 3.63) is 65.4 Å². The predicted molar refractivity (Wildman–Crippen MR) is 95.9 cm³/mol. The van der Waals surface area contributed by atoms with E-state index in [2.05, 4.69) is 10.1 Å². The molecule has 0 aliphatic carbocycles. The van der Waals surface area contributed by atoms with E-state index in [1.54, 1.807) is 24.5 Å². The molecule has 0 saturated carbocycles. The Bertz CT molecular complexity index is 1020. The number of aryl methyl sites for hydroxylation is 1. The summed E-state index contributed by atoms with van der Waals surface area (Å²) in [6, 6.07) is 6.13. The number of rotatable bonds is 6. The molecule has 152 valence electrons.